The van der Waals surface area contributed by atoms with Crippen LogP contribution >= 0.6 is 11.6 Å². The smallest absolute Gasteiger partial charge is 0.251 e. The molecule has 0 fully saturated rings. The minimum Gasteiger partial charge on any atom is -0.495 e. The number of nitrogens with one attached hydrogen (secondary N) is 2. The second kappa shape index (κ2) is 9.28. The standard InChI is InChI=1S/C20H24ClN3O3/c1-4-12(2)18(24-19(25)13-5-7-14(21)8-6-13)20(26)23-15-9-10-17(27-3)16(22)11-15/h5-12,18H,4,22H2,1-3H3,(H,23,26)(H,24,25). The molecule has 6 nitrogen and oxygen atoms in total. The number of ether oxygens (including phenoxy) is 1. The molecule has 144 valence electrons. The van der Waals surface area contributed by atoms with Crippen molar-refractivity contribution < 1.29 is 14.3 Å². The molecular formula is C20H24ClN3O3. The lowest BCUT2D eigenvalue weighted by Gasteiger charge is -2.24. The van der Waals surface area contributed by atoms with E-state index in [0.29, 0.717) is 27.7 Å². The van der Waals surface area contributed by atoms with Crippen molar-refractivity contribution in [3.8, 4) is 5.75 Å². The van der Waals surface area contributed by atoms with E-state index in [0.717, 1.165) is 6.42 Å². The van der Waals surface area contributed by atoms with E-state index in [9.17, 15) is 9.59 Å². The Morgan fingerprint density at radius 3 is 2.41 bits per heavy atom. The highest BCUT2D eigenvalue weighted by Gasteiger charge is 2.26. The molecule has 0 bridgehead atoms. The molecule has 2 aromatic rings. The van der Waals surface area contributed by atoms with Gasteiger partial charge in [-0.3, -0.25) is 9.59 Å². The Bertz CT molecular complexity index is 809. The molecule has 0 aliphatic carbocycles. The van der Waals surface area contributed by atoms with Crippen LogP contribution in [0.2, 0.25) is 5.02 Å². The van der Waals surface area contributed by atoms with Crippen molar-refractivity contribution in [1.82, 2.24) is 5.32 Å². The van der Waals surface area contributed by atoms with Crippen LogP contribution in [0.25, 0.3) is 0 Å². The van der Waals surface area contributed by atoms with Crippen molar-refractivity contribution in [1.29, 1.82) is 0 Å². The summed E-state index contributed by atoms with van der Waals surface area (Å²) in [4.78, 5) is 25.3. The minimum absolute atomic E-state index is 0.0585. The number of carbonyl (C=O) groups is 2. The third-order valence-electron chi connectivity index (χ3n) is 4.39. The van der Waals surface area contributed by atoms with E-state index < -0.39 is 6.04 Å². The van der Waals surface area contributed by atoms with E-state index in [-0.39, 0.29) is 17.7 Å². The Morgan fingerprint density at radius 2 is 1.85 bits per heavy atom. The highest BCUT2D eigenvalue weighted by Crippen LogP contribution is 2.25. The number of anilines is 2. The van der Waals surface area contributed by atoms with Crippen LogP contribution in [0.5, 0.6) is 5.75 Å². The van der Waals surface area contributed by atoms with E-state index in [1.165, 1.54) is 7.11 Å². The highest BCUT2D eigenvalue weighted by molar-refractivity contribution is 6.30. The zero-order valence-electron chi connectivity index (χ0n) is 15.6. The average molecular weight is 390 g/mol. The molecule has 2 atom stereocenters. The first-order chi connectivity index (χ1) is 12.8. The van der Waals surface area contributed by atoms with Crippen LogP contribution in [-0.4, -0.2) is 25.0 Å². The number of carbonyl (C=O) groups excluding carboxylic acids is 2. The molecule has 0 heterocycles. The summed E-state index contributed by atoms with van der Waals surface area (Å²) >= 11 is 5.86. The zero-order chi connectivity index (χ0) is 20.0. The van der Waals surface area contributed by atoms with Gasteiger partial charge in [-0.2, -0.15) is 0 Å². The second-order valence-corrected chi connectivity index (χ2v) is 6.73. The fourth-order valence-corrected chi connectivity index (χ4v) is 2.69. The molecule has 0 aromatic heterocycles. The Kier molecular flexibility index (Phi) is 7.07. The van der Waals surface area contributed by atoms with E-state index in [2.05, 4.69) is 10.6 Å². The van der Waals surface area contributed by atoms with Gasteiger partial charge >= 0.3 is 0 Å². The van der Waals surface area contributed by atoms with E-state index in [4.69, 9.17) is 22.1 Å². The number of methoxy groups -OCH3 is 1. The average Bonchev–Trinajstić information content (AvgIpc) is 2.66. The normalized spacial score (nSPS) is 12.7. The largest absolute Gasteiger partial charge is 0.495 e. The lowest BCUT2D eigenvalue weighted by atomic mass is 9.97. The summed E-state index contributed by atoms with van der Waals surface area (Å²) in [6.07, 6.45) is 0.726. The molecule has 7 heteroatoms. The van der Waals surface area contributed by atoms with Crippen molar-refractivity contribution >= 4 is 34.8 Å². The quantitative estimate of drug-likeness (QED) is 0.629. The lowest BCUT2D eigenvalue weighted by molar-refractivity contribution is -0.119. The van der Waals surface area contributed by atoms with E-state index >= 15 is 0 Å². The van der Waals surface area contributed by atoms with Crippen molar-refractivity contribution in [2.75, 3.05) is 18.2 Å². The van der Waals surface area contributed by atoms with Crippen LogP contribution in [0.4, 0.5) is 11.4 Å². The number of rotatable bonds is 7. The summed E-state index contributed by atoms with van der Waals surface area (Å²) in [6.45, 7) is 3.87. The van der Waals surface area contributed by atoms with Crippen molar-refractivity contribution in [3.63, 3.8) is 0 Å². The summed E-state index contributed by atoms with van der Waals surface area (Å²) < 4.78 is 5.11. The van der Waals surface area contributed by atoms with Gasteiger partial charge in [-0.1, -0.05) is 31.9 Å². The number of hydrogen-bond donors (Lipinski definition) is 3. The number of benzene rings is 2. The number of amides is 2. The first kappa shape index (κ1) is 20.6. The molecule has 0 aliphatic heterocycles. The zero-order valence-corrected chi connectivity index (χ0v) is 16.3. The van der Waals surface area contributed by atoms with Gasteiger partial charge in [0, 0.05) is 16.3 Å². The van der Waals surface area contributed by atoms with Gasteiger partial charge in [-0.05, 0) is 48.4 Å². The Morgan fingerprint density at radius 1 is 1.19 bits per heavy atom. The van der Waals surface area contributed by atoms with Gasteiger partial charge < -0.3 is 21.1 Å². The molecule has 2 amide bonds. The Labute approximate surface area is 164 Å². The monoisotopic (exact) mass is 389 g/mol. The number of hydrogen-bond acceptors (Lipinski definition) is 4. The van der Waals surface area contributed by atoms with Gasteiger partial charge in [0.2, 0.25) is 5.91 Å². The van der Waals surface area contributed by atoms with Crippen molar-refractivity contribution in [2.24, 2.45) is 5.92 Å². The second-order valence-electron chi connectivity index (χ2n) is 6.29. The van der Waals surface area contributed by atoms with Crippen LogP contribution < -0.4 is 21.1 Å². The first-order valence-electron chi connectivity index (χ1n) is 8.66. The third kappa shape index (κ3) is 5.37. The number of nitrogen functional groups attached to an aromatic ring is 1. The van der Waals surface area contributed by atoms with Crippen LogP contribution in [0.15, 0.2) is 42.5 Å². The molecule has 0 saturated carbocycles. The molecule has 2 rings (SSSR count). The van der Waals surface area contributed by atoms with Crippen LogP contribution in [-0.2, 0) is 4.79 Å². The molecule has 2 aromatic carbocycles. The van der Waals surface area contributed by atoms with E-state index in [1.54, 1.807) is 42.5 Å². The van der Waals surface area contributed by atoms with Crippen molar-refractivity contribution in [3.05, 3.63) is 53.1 Å². The first-order valence-corrected chi connectivity index (χ1v) is 9.04. The SMILES string of the molecule is CCC(C)C(NC(=O)c1ccc(Cl)cc1)C(=O)Nc1ccc(OC)c(N)c1. The molecule has 0 saturated heterocycles. The minimum atomic E-state index is -0.693. The van der Waals surface area contributed by atoms with Crippen LogP contribution in [0.1, 0.15) is 30.6 Å². The van der Waals surface area contributed by atoms with E-state index in [1.807, 2.05) is 13.8 Å². The molecule has 27 heavy (non-hydrogen) atoms. The Hall–Kier alpha value is -2.73. The van der Waals surface area contributed by atoms with Gasteiger partial charge in [0.05, 0.1) is 12.8 Å². The van der Waals surface area contributed by atoms with Crippen LogP contribution in [0.3, 0.4) is 0 Å². The van der Waals surface area contributed by atoms with Gasteiger partial charge in [0.1, 0.15) is 11.8 Å². The maximum absolute atomic E-state index is 12.8. The predicted octanol–water partition coefficient (Wildman–Crippen LogP) is 3.71. The topological polar surface area (TPSA) is 93.5 Å². The number of nitrogens with two attached hydrogens (primary N) is 1. The summed E-state index contributed by atoms with van der Waals surface area (Å²) in [5.41, 5.74) is 7.27. The molecule has 0 aliphatic rings. The number of halogens is 1. The summed E-state index contributed by atoms with van der Waals surface area (Å²) in [6, 6.07) is 10.8. The maximum Gasteiger partial charge on any atom is 0.251 e. The fraction of sp³-hybridized carbons (Fsp3) is 0.300. The third-order valence-corrected chi connectivity index (χ3v) is 4.64. The molecule has 4 N–H and O–H groups in total. The lowest BCUT2D eigenvalue weighted by Crippen LogP contribution is -2.47. The van der Waals surface area contributed by atoms with Gasteiger partial charge in [-0.25, -0.2) is 0 Å². The summed E-state index contributed by atoms with van der Waals surface area (Å²) in [5.74, 6) is -0.169. The predicted molar refractivity (Wildman–Crippen MR) is 108 cm³/mol. The molecule has 2 unspecified atom stereocenters. The fourth-order valence-electron chi connectivity index (χ4n) is 2.56. The van der Waals surface area contributed by atoms with Gasteiger partial charge in [0.25, 0.3) is 5.91 Å². The molecule has 0 spiro atoms. The van der Waals surface area contributed by atoms with Gasteiger partial charge in [-0.15, -0.1) is 0 Å². The summed E-state index contributed by atoms with van der Waals surface area (Å²) in [7, 11) is 1.52. The molecular weight excluding hydrogens is 366 g/mol. The van der Waals surface area contributed by atoms with Gasteiger partial charge in [0.15, 0.2) is 0 Å². The highest BCUT2D eigenvalue weighted by atomic mass is 35.5. The Balaban J connectivity index is 2.15. The van der Waals surface area contributed by atoms with Crippen LogP contribution in [0, 0.1) is 5.92 Å². The summed E-state index contributed by atoms with van der Waals surface area (Å²) in [5, 5.41) is 6.16. The maximum atomic E-state index is 12.8. The molecule has 0 radical (unpaired) electrons. The van der Waals surface area contributed by atoms with Crippen molar-refractivity contribution in [2.45, 2.75) is 26.3 Å².